The average molecular weight is 268 g/mol. The zero-order valence-corrected chi connectivity index (χ0v) is 11.3. The number of ether oxygens (including phenoxy) is 2. The molecule has 0 aromatic heterocycles. The number of carboxylic acid groups (broad SMARTS) is 1. The van der Waals surface area contributed by atoms with E-state index in [0.717, 1.165) is 0 Å². The number of rotatable bonds is 8. The lowest BCUT2D eigenvalue weighted by atomic mass is 10.1. The Morgan fingerprint density at radius 2 is 2.11 bits per heavy atom. The van der Waals surface area contributed by atoms with Crippen LogP contribution in [-0.4, -0.2) is 28.9 Å². The van der Waals surface area contributed by atoms with Crippen molar-refractivity contribution in [2.75, 3.05) is 6.61 Å². The Morgan fingerprint density at radius 1 is 1.37 bits per heavy atom. The lowest BCUT2D eigenvalue weighted by Gasteiger charge is -2.19. The van der Waals surface area contributed by atoms with Crippen LogP contribution in [0.3, 0.4) is 0 Å². The van der Waals surface area contributed by atoms with Gasteiger partial charge in [-0.25, -0.2) is 4.79 Å². The minimum atomic E-state index is -1.02. The van der Waals surface area contributed by atoms with Gasteiger partial charge in [0.2, 0.25) is 0 Å². The van der Waals surface area contributed by atoms with Gasteiger partial charge in [-0.3, -0.25) is 0 Å². The van der Waals surface area contributed by atoms with Crippen molar-refractivity contribution in [1.82, 2.24) is 0 Å². The van der Waals surface area contributed by atoms with E-state index in [4.69, 9.17) is 14.6 Å². The zero-order valence-electron chi connectivity index (χ0n) is 11.3. The third-order valence-electron chi connectivity index (χ3n) is 2.62. The minimum absolute atomic E-state index is 0.227. The largest absolute Gasteiger partial charge is 0.490 e. The summed E-state index contributed by atoms with van der Waals surface area (Å²) in [5.41, 5.74) is 0.522. The van der Waals surface area contributed by atoms with Gasteiger partial charge in [-0.05, 0) is 19.4 Å². The van der Waals surface area contributed by atoms with Gasteiger partial charge in [0, 0.05) is 5.56 Å². The topological polar surface area (TPSA) is 76.0 Å². The molecule has 0 radical (unpaired) electrons. The molecular formula is C14H20O5. The number of carboxylic acids is 1. The number of carbonyl (C=O) groups is 1. The van der Waals surface area contributed by atoms with Crippen LogP contribution in [0.2, 0.25) is 0 Å². The van der Waals surface area contributed by atoms with E-state index in [1.165, 1.54) is 0 Å². The highest BCUT2D eigenvalue weighted by molar-refractivity contribution is 5.73. The smallest absolute Gasteiger partial charge is 0.344 e. The Balaban J connectivity index is 3.04. The van der Waals surface area contributed by atoms with Crippen LogP contribution in [0.4, 0.5) is 0 Å². The molecule has 106 valence electrons. The molecular weight excluding hydrogens is 248 g/mol. The van der Waals surface area contributed by atoms with Crippen LogP contribution in [0.15, 0.2) is 18.2 Å². The van der Waals surface area contributed by atoms with E-state index in [-0.39, 0.29) is 6.61 Å². The number of hydrogen-bond donors (Lipinski definition) is 2. The number of aliphatic hydroxyl groups is 1. The molecule has 5 nitrogen and oxygen atoms in total. The maximum absolute atomic E-state index is 11.1. The Hall–Kier alpha value is -1.75. The van der Waals surface area contributed by atoms with Crippen molar-refractivity contribution in [3.8, 4) is 11.5 Å². The van der Waals surface area contributed by atoms with Crippen molar-refractivity contribution in [3.63, 3.8) is 0 Å². The van der Waals surface area contributed by atoms with Crippen LogP contribution in [0.1, 0.15) is 32.3 Å². The second-order valence-electron chi connectivity index (χ2n) is 4.07. The molecule has 2 N–H and O–H groups in total. The number of para-hydroxylation sites is 1. The third-order valence-corrected chi connectivity index (χ3v) is 2.62. The lowest BCUT2D eigenvalue weighted by Crippen LogP contribution is -2.27. The molecule has 0 heterocycles. The minimum Gasteiger partial charge on any atom is -0.490 e. The Kier molecular flexibility index (Phi) is 6.15. The van der Waals surface area contributed by atoms with Crippen LogP contribution in [-0.2, 0) is 11.4 Å². The molecule has 1 rings (SSSR count). The van der Waals surface area contributed by atoms with E-state index >= 15 is 0 Å². The molecule has 0 fully saturated rings. The molecule has 0 aliphatic rings. The van der Waals surface area contributed by atoms with Crippen LogP contribution >= 0.6 is 0 Å². The molecule has 1 aromatic rings. The molecule has 5 heteroatoms. The second kappa shape index (κ2) is 7.63. The summed E-state index contributed by atoms with van der Waals surface area (Å²) >= 11 is 0. The van der Waals surface area contributed by atoms with Gasteiger partial charge >= 0.3 is 5.97 Å². The summed E-state index contributed by atoms with van der Waals surface area (Å²) in [6.45, 7) is 3.93. The molecule has 0 aliphatic heterocycles. The standard InChI is InChI=1S/C14H20O5/c1-3-6-12(14(16)17)19-13-10(9-15)7-5-8-11(13)18-4-2/h5,7-8,12,15H,3-4,6,9H2,1-2H3,(H,16,17). The first-order valence-corrected chi connectivity index (χ1v) is 6.39. The lowest BCUT2D eigenvalue weighted by molar-refractivity contribution is -0.145. The van der Waals surface area contributed by atoms with Gasteiger partial charge in [0.15, 0.2) is 17.6 Å². The highest BCUT2D eigenvalue weighted by Gasteiger charge is 2.22. The molecule has 0 bridgehead atoms. The number of hydrogen-bond acceptors (Lipinski definition) is 4. The monoisotopic (exact) mass is 268 g/mol. The SMILES string of the molecule is CCCC(Oc1c(CO)cccc1OCC)C(=O)O. The first kappa shape index (κ1) is 15.3. The second-order valence-corrected chi connectivity index (χ2v) is 4.07. The number of benzene rings is 1. The third kappa shape index (κ3) is 4.13. The van der Waals surface area contributed by atoms with Crippen LogP contribution < -0.4 is 9.47 Å². The van der Waals surface area contributed by atoms with Gasteiger partial charge < -0.3 is 19.7 Å². The normalized spacial score (nSPS) is 11.9. The van der Waals surface area contributed by atoms with E-state index in [2.05, 4.69) is 0 Å². The van der Waals surface area contributed by atoms with Crippen molar-refractivity contribution in [2.24, 2.45) is 0 Å². The summed E-state index contributed by atoms with van der Waals surface area (Å²) in [7, 11) is 0. The summed E-state index contributed by atoms with van der Waals surface area (Å²) in [6, 6.07) is 5.12. The van der Waals surface area contributed by atoms with E-state index in [1.807, 2.05) is 13.8 Å². The van der Waals surface area contributed by atoms with E-state index in [0.29, 0.717) is 36.5 Å². The van der Waals surface area contributed by atoms with Gasteiger partial charge in [0.1, 0.15) is 0 Å². The number of aliphatic hydroxyl groups excluding tert-OH is 1. The predicted molar refractivity (Wildman–Crippen MR) is 70.5 cm³/mol. The van der Waals surface area contributed by atoms with Crippen molar-refractivity contribution >= 4 is 5.97 Å². The summed E-state index contributed by atoms with van der Waals surface area (Å²) in [4.78, 5) is 11.1. The fourth-order valence-corrected chi connectivity index (χ4v) is 1.73. The maximum atomic E-state index is 11.1. The summed E-state index contributed by atoms with van der Waals surface area (Å²) in [6.07, 6.45) is 0.167. The molecule has 0 aliphatic carbocycles. The van der Waals surface area contributed by atoms with Crippen molar-refractivity contribution < 1.29 is 24.5 Å². The number of aliphatic carboxylic acids is 1. The Morgan fingerprint density at radius 3 is 2.63 bits per heavy atom. The average Bonchev–Trinajstić information content (AvgIpc) is 2.39. The molecule has 1 unspecified atom stereocenters. The van der Waals surface area contributed by atoms with E-state index in [9.17, 15) is 9.90 Å². The summed E-state index contributed by atoms with van der Waals surface area (Å²) in [5.74, 6) is -0.249. The molecule has 0 saturated carbocycles. The molecule has 1 atom stereocenters. The van der Waals surface area contributed by atoms with E-state index < -0.39 is 12.1 Å². The Labute approximate surface area is 112 Å². The highest BCUT2D eigenvalue weighted by Crippen LogP contribution is 2.32. The van der Waals surface area contributed by atoms with Crippen LogP contribution in [0.25, 0.3) is 0 Å². The van der Waals surface area contributed by atoms with Gasteiger partial charge in [0.25, 0.3) is 0 Å². The van der Waals surface area contributed by atoms with Gasteiger partial charge in [-0.1, -0.05) is 25.5 Å². The first-order valence-electron chi connectivity index (χ1n) is 6.39. The predicted octanol–water partition coefficient (Wildman–Crippen LogP) is 2.21. The Bertz CT molecular complexity index is 416. The van der Waals surface area contributed by atoms with Crippen molar-refractivity contribution in [3.05, 3.63) is 23.8 Å². The quantitative estimate of drug-likeness (QED) is 0.756. The van der Waals surface area contributed by atoms with Gasteiger partial charge in [-0.2, -0.15) is 0 Å². The fraction of sp³-hybridized carbons (Fsp3) is 0.500. The van der Waals surface area contributed by atoms with Gasteiger partial charge in [-0.15, -0.1) is 0 Å². The summed E-state index contributed by atoms with van der Waals surface area (Å²) in [5, 5.41) is 18.4. The van der Waals surface area contributed by atoms with Gasteiger partial charge in [0.05, 0.1) is 13.2 Å². The maximum Gasteiger partial charge on any atom is 0.344 e. The summed E-state index contributed by atoms with van der Waals surface area (Å²) < 4.78 is 10.9. The van der Waals surface area contributed by atoms with Crippen molar-refractivity contribution in [1.29, 1.82) is 0 Å². The highest BCUT2D eigenvalue weighted by atomic mass is 16.5. The molecule has 0 spiro atoms. The van der Waals surface area contributed by atoms with Crippen LogP contribution in [0.5, 0.6) is 11.5 Å². The van der Waals surface area contributed by atoms with Crippen LogP contribution in [0, 0.1) is 0 Å². The van der Waals surface area contributed by atoms with Crippen molar-refractivity contribution in [2.45, 2.75) is 39.4 Å². The fourth-order valence-electron chi connectivity index (χ4n) is 1.73. The molecule has 0 amide bonds. The molecule has 19 heavy (non-hydrogen) atoms. The molecule has 0 saturated heterocycles. The molecule has 1 aromatic carbocycles. The first-order chi connectivity index (χ1) is 9.13. The van der Waals surface area contributed by atoms with E-state index in [1.54, 1.807) is 18.2 Å². The zero-order chi connectivity index (χ0) is 14.3.